The first-order valence-corrected chi connectivity index (χ1v) is 9.15. The van der Waals surface area contributed by atoms with Gasteiger partial charge in [0.25, 0.3) is 5.91 Å². The van der Waals surface area contributed by atoms with Gasteiger partial charge in [0.1, 0.15) is 11.6 Å². The van der Waals surface area contributed by atoms with Gasteiger partial charge in [-0.1, -0.05) is 19.1 Å². The highest BCUT2D eigenvalue weighted by Gasteiger charge is 2.21. The molecule has 1 saturated heterocycles. The van der Waals surface area contributed by atoms with Crippen LogP contribution in [-0.2, 0) is 6.54 Å². The average Bonchev–Trinajstić information content (AvgIpc) is 2.65. The maximum absolute atomic E-state index is 13.7. The summed E-state index contributed by atoms with van der Waals surface area (Å²) in [6, 6.07) is 8.94. The van der Waals surface area contributed by atoms with Gasteiger partial charge in [-0.2, -0.15) is 0 Å². The van der Waals surface area contributed by atoms with Gasteiger partial charge in [-0.3, -0.25) is 4.79 Å². The second-order valence-corrected chi connectivity index (χ2v) is 7.32. The number of aromatic nitrogens is 1. The third-order valence-corrected chi connectivity index (χ3v) is 5.11. The van der Waals surface area contributed by atoms with Crippen LogP contribution >= 0.6 is 0 Å². The zero-order valence-electron chi connectivity index (χ0n) is 15.7. The Kier molecular flexibility index (Phi) is 5.55. The summed E-state index contributed by atoms with van der Waals surface area (Å²) in [6.45, 7) is 6.18. The molecular weight excluding hydrogens is 329 g/mol. The van der Waals surface area contributed by atoms with Crippen LogP contribution in [0.2, 0.25) is 0 Å². The minimum atomic E-state index is -0.194. The molecule has 1 fully saturated rings. The van der Waals surface area contributed by atoms with Crippen molar-refractivity contribution >= 4 is 11.7 Å². The van der Waals surface area contributed by atoms with Crippen molar-refractivity contribution in [2.24, 2.45) is 5.92 Å². The Balaban J connectivity index is 1.64. The van der Waals surface area contributed by atoms with E-state index in [1.54, 1.807) is 25.3 Å². The Morgan fingerprint density at radius 2 is 2.00 bits per heavy atom. The maximum atomic E-state index is 13.7. The van der Waals surface area contributed by atoms with E-state index in [9.17, 15) is 9.18 Å². The number of hydrogen-bond acceptors (Lipinski definition) is 3. The van der Waals surface area contributed by atoms with Crippen molar-refractivity contribution in [3.05, 3.63) is 59.0 Å². The molecule has 0 atom stereocenters. The Hall–Kier alpha value is -2.43. The van der Waals surface area contributed by atoms with Crippen LogP contribution in [0.4, 0.5) is 10.2 Å². The number of carbonyl (C=O) groups is 1. The predicted octanol–water partition coefficient (Wildman–Crippen LogP) is 4.04. The highest BCUT2D eigenvalue weighted by molar-refractivity contribution is 5.94. The Labute approximate surface area is 154 Å². The number of pyridine rings is 1. The number of rotatable bonds is 4. The second-order valence-electron chi connectivity index (χ2n) is 7.32. The van der Waals surface area contributed by atoms with Crippen LogP contribution < -0.4 is 4.90 Å². The summed E-state index contributed by atoms with van der Waals surface area (Å²) in [6.07, 6.45) is 3.77. The van der Waals surface area contributed by atoms with E-state index in [4.69, 9.17) is 0 Å². The summed E-state index contributed by atoms with van der Waals surface area (Å²) in [5, 5.41) is 0. The summed E-state index contributed by atoms with van der Waals surface area (Å²) in [5.74, 6) is 1.31. The molecule has 0 unspecified atom stereocenters. The van der Waals surface area contributed by atoms with Gasteiger partial charge < -0.3 is 9.80 Å². The number of benzene rings is 1. The first kappa shape index (κ1) is 18.4. The molecule has 3 rings (SSSR count). The van der Waals surface area contributed by atoms with Crippen molar-refractivity contribution in [1.82, 2.24) is 9.88 Å². The first-order chi connectivity index (χ1) is 12.4. The third kappa shape index (κ3) is 4.21. The molecular formula is C21H26FN3O. The van der Waals surface area contributed by atoms with Crippen LogP contribution in [0.5, 0.6) is 0 Å². The third-order valence-electron chi connectivity index (χ3n) is 5.11. The van der Waals surface area contributed by atoms with Gasteiger partial charge in [0.15, 0.2) is 0 Å². The summed E-state index contributed by atoms with van der Waals surface area (Å²) < 4.78 is 13.7. The summed E-state index contributed by atoms with van der Waals surface area (Å²) in [5.41, 5.74) is 2.16. The predicted molar refractivity (Wildman–Crippen MR) is 102 cm³/mol. The van der Waals surface area contributed by atoms with Gasteiger partial charge in [-0.25, -0.2) is 9.37 Å². The number of anilines is 1. The van der Waals surface area contributed by atoms with Crippen LogP contribution in [-0.4, -0.2) is 35.9 Å². The van der Waals surface area contributed by atoms with Crippen LogP contribution in [0.1, 0.15) is 41.3 Å². The lowest BCUT2D eigenvalue weighted by Crippen LogP contribution is -2.37. The van der Waals surface area contributed by atoms with Crippen molar-refractivity contribution in [2.45, 2.75) is 33.2 Å². The van der Waals surface area contributed by atoms with Gasteiger partial charge in [0.05, 0.1) is 5.56 Å². The lowest BCUT2D eigenvalue weighted by atomic mass is 9.99. The molecule has 1 amide bonds. The Bertz CT molecular complexity index is 767. The van der Waals surface area contributed by atoms with E-state index in [1.807, 2.05) is 35.0 Å². The van der Waals surface area contributed by atoms with Crippen molar-refractivity contribution in [2.75, 3.05) is 25.0 Å². The molecule has 1 aromatic heterocycles. The maximum Gasteiger partial charge on any atom is 0.255 e. The van der Waals surface area contributed by atoms with Gasteiger partial charge in [-0.05, 0) is 55.0 Å². The minimum Gasteiger partial charge on any atom is -0.355 e. The summed E-state index contributed by atoms with van der Waals surface area (Å²) in [4.78, 5) is 20.9. The van der Waals surface area contributed by atoms with E-state index in [0.717, 1.165) is 37.3 Å². The smallest absolute Gasteiger partial charge is 0.255 e. The molecule has 1 aromatic carbocycles. The highest BCUT2D eigenvalue weighted by Crippen LogP contribution is 2.19. The molecule has 0 N–H and O–H groups in total. The number of nitrogens with zero attached hydrogens (tertiary/aromatic N) is 3. The Morgan fingerprint density at radius 3 is 2.62 bits per heavy atom. The number of amides is 1. The molecule has 138 valence electrons. The number of hydrogen-bond donors (Lipinski definition) is 0. The molecule has 2 heterocycles. The van der Waals surface area contributed by atoms with E-state index < -0.39 is 0 Å². The molecule has 2 aromatic rings. The number of piperidine rings is 1. The van der Waals surface area contributed by atoms with E-state index in [2.05, 4.69) is 11.9 Å². The van der Waals surface area contributed by atoms with Gasteiger partial charge in [-0.15, -0.1) is 0 Å². The first-order valence-electron chi connectivity index (χ1n) is 9.15. The highest BCUT2D eigenvalue weighted by atomic mass is 19.1. The lowest BCUT2D eigenvalue weighted by Gasteiger charge is -2.30. The fraction of sp³-hybridized carbons (Fsp3) is 0.429. The molecule has 26 heavy (non-hydrogen) atoms. The van der Waals surface area contributed by atoms with E-state index >= 15 is 0 Å². The molecule has 0 bridgehead atoms. The average molecular weight is 355 g/mol. The number of likely N-dealkylation sites (tertiary alicyclic amines) is 1. The van der Waals surface area contributed by atoms with Crippen molar-refractivity contribution in [1.29, 1.82) is 0 Å². The molecule has 5 heteroatoms. The van der Waals surface area contributed by atoms with Gasteiger partial charge in [0.2, 0.25) is 0 Å². The second kappa shape index (κ2) is 7.85. The summed E-state index contributed by atoms with van der Waals surface area (Å²) >= 11 is 0. The van der Waals surface area contributed by atoms with E-state index in [0.29, 0.717) is 23.6 Å². The monoisotopic (exact) mass is 355 g/mol. The molecule has 4 nitrogen and oxygen atoms in total. The standard InChI is InChI=1S/C21H26FN3O/c1-15-8-10-25(11-9-15)21(26)18-6-7-20(23-13-18)24(3)14-17-5-4-16(2)19(22)12-17/h4-7,12-13,15H,8-11,14H2,1-3H3. The van der Waals surface area contributed by atoms with Crippen molar-refractivity contribution in [3.63, 3.8) is 0 Å². The van der Waals surface area contributed by atoms with Crippen LogP contribution in [0, 0.1) is 18.7 Å². The van der Waals surface area contributed by atoms with E-state index in [1.165, 1.54) is 0 Å². The number of aryl methyl sites for hydroxylation is 1. The summed E-state index contributed by atoms with van der Waals surface area (Å²) in [7, 11) is 1.91. The molecule has 0 radical (unpaired) electrons. The number of carbonyl (C=O) groups excluding carboxylic acids is 1. The van der Waals surface area contributed by atoms with Crippen molar-refractivity contribution in [3.8, 4) is 0 Å². The number of halogens is 1. The molecule has 1 aliphatic rings. The molecule has 0 spiro atoms. The molecule has 0 saturated carbocycles. The van der Waals surface area contributed by atoms with Crippen molar-refractivity contribution < 1.29 is 9.18 Å². The van der Waals surface area contributed by atoms with Crippen LogP contribution in [0.25, 0.3) is 0 Å². The minimum absolute atomic E-state index is 0.0548. The van der Waals surface area contributed by atoms with Gasteiger partial charge in [0, 0.05) is 32.9 Å². The van der Waals surface area contributed by atoms with Crippen LogP contribution in [0.15, 0.2) is 36.5 Å². The van der Waals surface area contributed by atoms with Crippen LogP contribution in [0.3, 0.4) is 0 Å². The largest absolute Gasteiger partial charge is 0.355 e. The molecule has 0 aliphatic carbocycles. The normalized spacial score (nSPS) is 15.2. The SMILES string of the molecule is Cc1ccc(CN(C)c2ccc(C(=O)N3CCC(C)CC3)cn2)cc1F. The molecule has 1 aliphatic heterocycles. The quantitative estimate of drug-likeness (QED) is 0.831. The Morgan fingerprint density at radius 1 is 1.27 bits per heavy atom. The zero-order chi connectivity index (χ0) is 18.7. The topological polar surface area (TPSA) is 36.4 Å². The zero-order valence-corrected chi connectivity index (χ0v) is 15.7. The fourth-order valence-electron chi connectivity index (χ4n) is 3.22. The lowest BCUT2D eigenvalue weighted by molar-refractivity contribution is 0.0697. The van der Waals surface area contributed by atoms with E-state index in [-0.39, 0.29) is 11.7 Å². The fourth-order valence-corrected chi connectivity index (χ4v) is 3.22. The van der Waals surface area contributed by atoms with Gasteiger partial charge >= 0.3 is 0 Å².